The summed E-state index contributed by atoms with van der Waals surface area (Å²) < 4.78 is 17.8. The Balaban J connectivity index is 1.46. The summed E-state index contributed by atoms with van der Waals surface area (Å²) in [6.45, 7) is 14.1. The van der Waals surface area contributed by atoms with Gasteiger partial charge in [0.15, 0.2) is 5.75 Å². The number of allylic oxidation sites excluding steroid dienone is 2. The predicted molar refractivity (Wildman–Crippen MR) is 227 cm³/mol. The summed E-state index contributed by atoms with van der Waals surface area (Å²) in [5.74, 6) is -7.52. The van der Waals surface area contributed by atoms with Crippen LogP contribution < -0.4 is 10.1 Å². The van der Waals surface area contributed by atoms with E-state index < -0.39 is 82.8 Å². The van der Waals surface area contributed by atoms with Gasteiger partial charge in [0.2, 0.25) is 0 Å². The van der Waals surface area contributed by atoms with E-state index >= 15 is 0 Å². The van der Waals surface area contributed by atoms with Crippen LogP contribution in [0.25, 0.3) is 10.8 Å². The molecule has 4 heterocycles. The molecular weight excluding hydrogens is 773 g/mol. The van der Waals surface area contributed by atoms with Crippen molar-refractivity contribution in [1.29, 1.82) is 0 Å². The lowest BCUT2D eigenvalue weighted by Crippen LogP contribution is -2.47. The number of piperazine rings is 1. The predicted octanol–water partition coefficient (Wildman–Crippen LogP) is 5.08. The first kappa shape index (κ1) is 44.9. The second kappa shape index (κ2) is 18.1. The summed E-state index contributed by atoms with van der Waals surface area (Å²) in [5, 5.41) is 78.4. The molecule has 0 radical (unpaired) electrons. The first-order valence-electron chi connectivity index (χ1n) is 21.0. The highest BCUT2D eigenvalue weighted by Crippen LogP contribution is 2.55. The number of methoxy groups -OCH3 is 1. The number of carbonyl (C=O) groups excluding carboxylic acids is 2. The monoisotopic (exact) mass is 834 g/mol. The number of ketones is 1. The lowest BCUT2D eigenvalue weighted by atomic mass is 9.78. The Kier molecular flexibility index (Phi) is 13.6. The summed E-state index contributed by atoms with van der Waals surface area (Å²) >= 11 is 0. The Morgan fingerprint density at radius 3 is 2.15 bits per heavy atom. The number of hydrogen-bond donors (Lipinski definition) is 7. The van der Waals surface area contributed by atoms with Crippen molar-refractivity contribution < 1.29 is 54.4 Å². The van der Waals surface area contributed by atoms with Crippen LogP contribution in [0.15, 0.2) is 41.2 Å². The van der Waals surface area contributed by atoms with E-state index in [0.717, 1.165) is 13.1 Å². The molecule has 60 heavy (non-hydrogen) atoms. The number of phenolic OH excluding ortho intramolecular Hbond substituents is 3. The largest absolute Gasteiger partial charge is 0.507 e. The lowest BCUT2D eigenvalue weighted by Gasteiger charge is -2.36. The molecule has 0 unspecified atom stereocenters. The van der Waals surface area contributed by atoms with E-state index in [9.17, 15) is 40.2 Å². The number of hydrazone groups is 1. The average molecular weight is 835 g/mol. The van der Waals surface area contributed by atoms with Crippen LogP contribution in [-0.4, -0.2) is 128 Å². The van der Waals surface area contributed by atoms with Crippen LogP contribution in [0.2, 0.25) is 0 Å². The van der Waals surface area contributed by atoms with Gasteiger partial charge in [-0.3, -0.25) is 19.5 Å². The molecule has 4 aliphatic heterocycles. The van der Waals surface area contributed by atoms with E-state index in [-0.39, 0.29) is 44.5 Å². The van der Waals surface area contributed by atoms with Gasteiger partial charge in [-0.2, -0.15) is 5.10 Å². The van der Waals surface area contributed by atoms with Gasteiger partial charge in [-0.1, -0.05) is 58.8 Å². The molecule has 1 saturated heterocycles. The summed E-state index contributed by atoms with van der Waals surface area (Å²) in [7, 11) is 1.45. The molecule has 1 aliphatic carbocycles. The Labute approximate surface area is 351 Å². The minimum atomic E-state index is -2.01. The van der Waals surface area contributed by atoms with Crippen LogP contribution in [0.4, 0.5) is 5.69 Å². The van der Waals surface area contributed by atoms with Gasteiger partial charge in [-0.25, -0.2) is 0 Å². The van der Waals surface area contributed by atoms with Gasteiger partial charge in [0, 0.05) is 86.4 Å². The maximum atomic E-state index is 14.4. The summed E-state index contributed by atoms with van der Waals surface area (Å²) in [6.07, 6.45) is 9.71. The number of aliphatic hydroxyl groups is 3. The van der Waals surface area contributed by atoms with Gasteiger partial charge in [-0.05, 0) is 32.8 Å². The number of aromatic hydroxyl groups is 3. The van der Waals surface area contributed by atoms with Crippen LogP contribution in [0.5, 0.6) is 23.0 Å². The molecule has 328 valence electrons. The lowest BCUT2D eigenvalue weighted by molar-refractivity contribution is -0.112. The van der Waals surface area contributed by atoms with Gasteiger partial charge in [0.25, 0.3) is 11.7 Å². The number of anilines is 1. The smallest absolute Gasteiger partial charge is 0.312 e. The zero-order valence-corrected chi connectivity index (χ0v) is 35.9. The average Bonchev–Trinajstić information content (AvgIpc) is 3.87. The number of carbonyl (C=O) groups is 2. The number of nitrogens with zero attached hydrogens (tertiary/aromatic N) is 3. The number of nitrogens with one attached hydrogen (secondary N) is 1. The van der Waals surface area contributed by atoms with E-state index in [1.807, 2.05) is 5.01 Å². The SMILES string of the molecule is CO[C@H]1/C=C/O[C@@]2(C)Oc3c(C)c(O)c4c(O)c(c(/C=N\N5CCN(C6CCCC6)CC5)c(O)c4c3C2=O)NC(=O)/C(C)=C\C=C\[C@@H](C)[C@H](O)[C@@H](C)[C@H](O)[C@@H](C)[C@H](O)[C@@H]1C. The van der Waals surface area contributed by atoms with Crippen molar-refractivity contribution in [2.24, 2.45) is 28.8 Å². The molecule has 2 aromatic rings. The number of phenols is 3. The minimum absolute atomic E-state index is 0.0742. The third kappa shape index (κ3) is 8.47. The standard InChI is InChI=1S/C45H62N4O11/c1-23-12-11-13-24(2)44(57)47-35-30(22-46-49-19-17-48(18-20-49)29-14-9-10-15-29)40(54)32-33(41(35)55)39(53)28(6)42-34(32)43(56)45(7,60-42)59-21-16-31(58-8)25(3)37(51)27(5)38(52)26(4)36(23)50/h11-13,16,21-23,25-27,29,31,36-38,50-55H,9-10,14-15,17-20H2,1-8H3,(H,47,57)/b12-11+,21-16+,24-13-,46-22-/t23-,25-,26-,27+,31+,36+,37-,38+,45+/m1/s1. The Hall–Kier alpha value is -4.67. The second-order valence-electron chi connectivity index (χ2n) is 17.2. The van der Waals surface area contributed by atoms with E-state index in [2.05, 4.69) is 15.3 Å². The molecule has 7 N–H and O–H groups in total. The molecule has 1 saturated carbocycles. The fourth-order valence-electron chi connectivity index (χ4n) is 9.08. The van der Waals surface area contributed by atoms with Crippen LogP contribution in [0.3, 0.4) is 0 Å². The van der Waals surface area contributed by atoms with Crippen molar-refractivity contribution in [2.45, 2.75) is 110 Å². The zero-order chi connectivity index (χ0) is 43.8. The number of aliphatic hydroxyl groups excluding tert-OH is 3. The Morgan fingerprint density at radius 1 is 0.867 bits per heavy atom. The van der Waals surface area contributed by atoms with Gasteiger partial charge in [-0.15, -0.1) is 0 Å². The number of benzene rings is 2. The van der Waals surface area contributed by atoms with Crippen molar-refractivity contribution in [3.63, 3.8) is 0 Å². The second-order valence-corrected chi connectivity index (χ2v) is 17.2. The summed E-state index contributed by atoms with van der Waals surface area (Å²) in [4.78, 5) is 30.7. The maximum absolute atomic E-state index is 14.4. The molecule has 1 amide bonds. The summed E-state index contributed by atoms with van der Waals surface area (Å²) in [6, 6.07) is 0.561. The van der Waals surface area contributed by atoms with E-state index in [0.29, 0.717) is 19.1 Å². The molecule has 15 heteroatoms. The molecule has 9 atom stereocenters. The topological polar surface area (TPSA) is 214 Å². The first-order chi connectivity index (χ1) is 28.4. The normalized spacial score (nSPS) is 33.5. The highest BCUT2D eigenvalue weighted by atomic mass is 16.7. The first-order valence-corrected chi connectivity index (χ1v) is 21.0. The fraction of sp³-hybridized carbons (Fsp3) is 0.578. The molecule has 2 aromatic carbocycles. The third-order valence-electron chi connectivity index (χ3n) is 13.3. The van der Waals surface area contributed by atoms with Gasteiger partial charge < -0.3 is 50.2 Å². The van der Waals surface area contributed by atoms with E-state index in [4.69, 9.17) is 14.2 Å². The Morgan fingerprint density at radius 2 is 1.50 bits per heavy atom. The number of fused-ring (bicyclic) bond motifs is 14. The molecule has 7 rings (SSSR count). The van der Waals surface area contributed by atoms with Crippen molar-refractivity contribution in [1.82, 2.24) is 9.91 Å². The van der Waals surface area contributed by atoms with Crippen molar-refractivity contribution >= 4 is 34.4 Å². The minimum Gasteiger partial charge on any atom is -0.507 e. The van der Waals surface area contributed by atoms with Crippen LogP contribution in [-0.2, 0) is 14.3 Å². The highest BCUT2D eigenvalue weighted by molar-refractivity contribution is 6.23. The quantitative estimate of drug-likeness (QED) is 0.122. The number of rotatable bonds is 4. The molecule has 5 aliphatic rings. The van der Waals surface area contributed by atoms with E-state index in [1.165, 1.54) is 71.3 Å². The van der Waals surface area contributed by atoms with Crippen LogP contribution in [0.1, 0.15) is 88.7 Å². The molecule has 5 bridgehead atoms. The number of hydrogen-bond acceptors (Lipinski definition) is 14. The highest BCUT2D eigenvalue weighted by Gasteiger charge is 2.50. The maximum Gasteiger partial charge on any atom is 0.312 e. The van der Waals surface area contributed by atoms with Crippen molar-refractivity contribution in [2.75, 3.05) is 38.6 Å². The number of Topliss-reactive ketones (excluding diaryl/α,β-unsaturated/α-hetero) is 1. The zero-order valence-electron chi connectivity index (χ0n) is 35.9. The molecular formula is C45H62N4O11. The molecule has 0 aromatic heterocycles. The van der Waals surface area contributed by atoms with Gasteiger partial charge >= 0.3 is 5.79 Å². The summed E-state index contributed by atoms with van der Waals surface area (Å²) in [5.41, 5.74) is -0.233. The number of amides is 1. The van der Waals surface area contributed by atoms with Crippen molar-refractivity contribution in [3.05, 3.63) is 52.8 Å². The fourth-order valence-corrected chi connectivity index (χ4v) is 9.08. The van der Waals surface area contributed by atoms with Gasteiger partial charge in [0.1, 0.15) is 17.2 Å². The van der Waals surface area contributed by atoms with Crippen molar-refractivity contribution in [3.8, 4) is 23.0 Å². The molecule has 15 nitrogen and oxygen atoms in total. The molecule has 2 fully saturated rings. The molecule has 0 spiro atoms. The Bertz CT molecular complexity index is 2070. The van der Waals surface area contributed by atoms with Crippen LogP contribution >= 0.6 is 0 Å². The third-order valence-corrected chi connectivity index (χ3v) is 13.3. The van der Waals surface area contributed by atoms with Crippen LogP contribution in [0, 0.1) is 30.6 Å². The number of ether oxygens (including phenoxy) is 3. The van der Waals surface area contributed by atoms with Gasteiger partial charge in [0.05, 0.1) is 59.1 Å². The van der Waals surface area contributed by atoms with E-state index in [1.54, 1.807) is 46.8 Å².